The third-order valence-corrected chi connectivity index (χ3v) is 3.68. The van der Waals surface area contributed by atoms with Gasteiger partial charge in [-0.3, -0.25) is 4.98 Å². The van der Waals surface area contributed by atoms with Gasteiger partial charge in [0.1, 0.15) is 0 Å². The zero-order valence-electron chi connectivity index (χ0n) is 11.3. The average Bonchev–Trinajstić information content (AvgIpc) is 2.68. The number of pyridine rings is 1. The molecule has 0 aromatic carbocycles. The SMILES string of the molecule is CNc1ccnc(COCC2CCCCCC2)c1. The van der Waals surface area contributed by atoms with Crippen molar-refractivity contribution in [3.05, 3.63) is 24.0 Å². The average molecular weight is 248 g/mol. The zero-order valence-corrected chi connectivity index (χ0v) is 11.3. The van der Waals surface area contributed by atoms with Crippen molar-refractivity contribution in [1.29, 1.82) is 0 Å². The Bertz CT molecular complexity index is 346. The minimum Gasteiger partial charge on any atom is -0.388 e. The first kappa shape index (κ1) is 13.3. The smallest absolute Gasteiger partial charge is 0.0888 e. The Hall–Kier alpha value is -1.09. The van der Waals surface area contributed by atoms with E-state index in [4.69, 9.17) is 4.74 Å². The van der Waals surface area contributed by atoms with E-state index in [9.17, 15) is 0 Å². The van der Waals surface area contributed by atoms with E-state index in [0.29, 0.717) is 6.61 Å². The molecule has 3 heteroatoms. The van der Waals surface area contributed by atoms with Gasteiger partial charge in [-0.1, -0.05) is 25.7 Å². The molecule has 1 N–H and O–H groups in total. The van der Waals surface area contributed by atoms with Gasteiger partial charge < -0.3 is 10.1 Å². The summed E-state index contributed by atoms with van der Waals surface area (Å²) in [6, 6.07) is 4.02. The van der Waals surface area contributed by atoms with Crippen LogP contribution in [0.4, 0.5) is 5.69 Å². The third-order valence-electron chi connectivity index (χ3n) is 3.68. The molecule has 1 saturated carbocycles. The van der Waals surface area contributed by atoms with Crippen molar-refractivity contribution < 1.29 is 4.74 Å². The second-order valence-electron chi connectivity index (χ2n) is 5.16. The molecule has 0 bridgehead atoms. The summed E-state index contributed by atoms with van der Waals surface area (Å²) in [6.07, 6.45) is 10.1. The molecular weight excluding hydrogens is 224 g/mol. The molecule has 1 heterocycles. The number of aromatic nitrogens is 1. The Labute approximate surface area is 110 Å². The summed E-state index contributed by atoms with van der Waals surface area (Å²) in [5.41, 5.74) is 2.11. The Morgan fingerprint density at radius 2 is 2.06 bits per heavy atom. The highest BCUT2D eigenvalue weighted by atomic mass is 16.5. The van der Waals surface area contributed by atoms with E-state index >= 15 is 0 Å². The first-order valence-electron chi connectivity index (χ1n) is 7.09. The molecule has 1 aliphatic carbocycles. The lowest BCUT2D eigenvalue weighted by Crippen LogP contribution is -2.09. The number of hydrogen-bond donors (Lipinski definition) is 1. The molecule has 2 rings (SSSR count). The first-order chi connectivity index (χ1) is 8.88. The van der Waals surface area contributed by atoms with Crippen LogP contribution in [-0.4, -0.2) is 18.6 Å². The van der Waals surface area contributed by atoms with E-state index in [-0.39, 0.29) is 0 Å². The van der Waals surface area contributed by atoms with Crippen molar-refractivity contribution in [3.63, 3.8) is 0 Å². The lowest BCUT2D eigenvalue weighted by atomic mass is 10.0. The van der Waals surface area contributed by atoms with Gasteiger partial charge in [-0.2, -0.15) is 0 Å². The summed E-state index contributed by atoms with van der Waals surface area (Å²) in [5, 5.41) is 3.12. The topological polar surface area (TPSA) is 34.2 Å². The van der Waals surface area contributed by atoms with E-state index in [1.807, 2.05) is 25.4 Å². The second-order valence-corrected chi connectivity index (χ2v) is 5.16. The molecule has 18 heavy (non-hydrogen) atoms. The largest absolute Gasteiger partial charge is 0.388 e. The van der Waals surface area contributed by atoms with Crippen LogP contribution in [0.1, 0.15) is 44.2 Å². The van der Waals surface area contributed by atoms with Crippen LogP contribution in [0.15, 0.2) is 18.3 Å². The molecule has 0 saturated heterocycles. The van der Waals surface area contributed by atoms with Crippen LogP contribution in [0.5, 0.6) is 0 Å². The molecule has 0 unspecified atom stereocenters. The molecule has 100 valence electrons. The molecule has 1 aromatic heterocycles. The van der Waals surface area contributed by atoms with Gasteiger partial charge in [0, 0.05) is 25.5 Å². The van der Waals surface area contributed by atoms with Gasteiger partial charge in [-0.05, 0) is 30.9 Å². The number of ether oxygens (including phenoxy) is 1. The fraction of sp³-hybridized carbons (Fsp3) is 0.667. The Morgan fingerprint density at radius 3 is 2.78 bits per heavy atom. The van der Waals surface area contributed by atoms with Gasteiger partial charge in [0.25, 0.3) is 0 Å². The van der Waals surface area contributed by atoms with Crippen LogP contribution in [0, 0.1) is 5.92 Å². The molecule has 1 fully saturated rings. The minimum atomic E-state index is 0.631. The van der Waals surface area contributed by atoms with Crippen molar-refractivity contribution >= 4 is 5.69 Å². The standard InChI is InChI=1S/C15H24N2O/c1-16-14-8-9-17-15(10-14)12-18-11-13-6-4-2-3-5-7-13/h8-10,13H,2-7,11-12H2,1H3,(H,16,17). The van der Waals surface area contributed by atoms with Crippen molar-refractivity contribution in [2.24, 2.45) is 5.92 Å². The molecule has 3 nitrogen and oxygen atoms in total. The highest BCUT2D eigenvalue weighted by molar-refractivity contribution is 5.42. The quantitative estimate of drug-likeness (QED) is 0.808. The summed E-state index contributed by atoms with van der Waals surface area (Å²) in [7, 11) is 1.92. The number of rotatable bonds is 5. The summed E-state index contributed by atoms with van der Waals surface area (Å²) in [5.74, 6) is 0.764. The van der Waals surface area contributed by atoms with Crippen LogP contribution < -0.4 is 5.32 Å². The van der Waals surface area contributed by atoms with E-state index in [1.165, 1.54) is 38.5 Å². The fourth-order valence-electron chi connectivity index (χ4n) is 2.57. The first-order valence-corrected chi connectivity index (χ1v) is 7.09. The monoisotopic (exact) mass is 248 g/mol. The summed E-state index contributed by atoms with van der Waals surface area (Å²) in [6.45, 7) is 1.53. The van der Waals surface area contributed by atoms with Gasteiger partial charge >= 0.3 is 0 Å². The van der Waals surface area contributed by atoms with Crippen LogP contribution in [0.3, 0.4) is 0 Å². The van der Waals surface area contributed by atoms with Crippen molar-refractivity contribution in [2.75, 3.05) is 19.0 Å². The van der Waals surface area contributed by atoms with Crippen molar-refractivity contribution in [1.82, 2.24) is 4.98 Å². The predicted octanol–water partition coefficient (Wildman–Crippen LogP) is 3.61. The number of anilines is 1. The Balaban J connectivity index is 1.73. The van der Waals surface area contributed by atoms with Crippen LogP contribution in [0.2, 0.25) is 0 Å². The van der Waals surface area contributed by atoms with Crippen LogP contribution in [-0.2, 0) is 11.3 Å². The maximum Gasteiger partial charge on any atom is 0.0888 e. The lowest BCUT2D eigenvalue weighted by Gasteiger charge is -2.14. The summed E-state index contributed by atoms with van der Waals surface area (Å²) in [4.78, 5) is 4.32. The van der Waals surface area contributed by atoms with Crippen LogP contribution in [0.25, 0.3) is 0 Å². The lowest BCUT2D eigenvalue weighted by molar-refractivity contribution is 0.0799. The van der Waals surface area contributed by atoms with E-state index in [2.05, 4.69) is 10.3 Å². The Morgan fingerprint density at radius 1 is 1.28 bits per heavy atom. The maximum atomic E-state index is 5.82. The molecule has 0 aliphatic heterocycles. The molecule has 1 aromatic rings. The highest BCUT2D eigenvalue weighted by Gasteiger charge is 2.12. The van der Waals surface area contributed by atoms with Crippen molar-refractivity contribution in [3.8, 4) is 0 Å². The minimum absolute atomic E-state index is 0.631. The second kappa shape index (κ2) is 7.37. The van der Waals surface area contributed by atoms with Crippen molar-refractivity contribution in [2.45, 2.75) is 45.1 Å². The van der Waals surface area contributed by atoms with Gasteiger partial charge in [-0.25, -0.2) is 0 Å². The zero-order chi connectivity index (χ0) is 12.6. The molecule has 1 aliphatic rings. The van der Waals surface area contributed by atoms with Gasteiger partial charge in [0.15, 0.2) is 0 Å². The molecule has 0 radical (unpaired) electrons. The molecular formula is C15H24N2O. The molecule has 0 spiro atoms. The number of nitrogens with zero attached hydrogens (tertiary/aromatic N) is 1. The van der Waals surface area contributed by atoms with E-state index in [1.54, 1.807) is 0 Å². The number of nitrogens with one attached hydrogen (secondary N) is 1. The van der Waals surface area contributed by atoms with Crippen LogP contribution >= 0.6 is 0 Å². The highest BCUT2D eigenvalue weighted by Crippen LogP contribution is 2.23. The normalized spacial score (nSPS) is 17.4. The van der Waals surface area contributed by atoms with Gasteiger partial charge in [0.2, 0.25) is 0 Å². The van der Waals surface area contributed by atoms with Gasteiger partial charge in [0.05, 0.1) is 12.3 Å². The Kier molecular flexibility index (Phi) is 5.46. The third kappa shape index (κ3) is 4.30. The maximum absolute atomic E-state index is 5.82. The van der Waals surface area contributed by atoms with Gasteiger partial charge in [-0.15, -0.1) is 0 Å². The molecule has 0 atom stereocenters. The predicted molar refractivity (Wildman–Crippen MR) is 74.6 cm³/mol. The summed E-state index contributed by atoms with van der Waals surface area (Å²) >= 11 is 0. The number of hydrogen-bond acceptors (Lipinski definition) is 3. The van der Waals surface area contributed by atoms with E-state index < -0.39 is 0 Å². The fourth-order valence-corrected chi connectivity index (χ4v) is 2.57. The summed E-state index contributed by atoms with van der Waals surface area (Å²) < 4.78 is 5.82. The van der Waals surface area contributed by atoms with E-state index in [0.717, 1.165) is 23.9 Å². The molecule has 0 amide bonds.